The smallest absolute Gasteiger partial charge is 0.251 e. The number of halogens is 2. The van der Waals surface area contributed by atoms with Gasteiger partial charge in [-0.25, -0.2) is 8.78 Å². The van der Waals surface area contributed by atoms with Crippen molar-refractivity contribution >= 4 is 17.5 Å². The summed E-state index contributed by atoms with van der Waals surface area (Å²) in [6.07, 6.45) is 1.21. The van der Waals surface area contributed by atoms with E-state index in [2.05, 4.69) is 10.6 Å². The summed E-state index contributed by atoms with van der Waals surface area (Å²) in [5.74, 6) is -1.14. The van der Waals surface area contributed by atoms with Crippen molar-refractivity contribution in [2.45, 2.75) is 19.8 Å². The minimum absolute atomic E-state index is 0.0248. The fourth-order valence-corrected chi connectivity index (χ4v) is 2.84. The zero-order chi connectivity index (χ0) is 18.7. The molecule has 0 heterocycles. The van der Waals surface area contributed by atoms with Gasteiger partial charge in [0.1, 0.15) is 11.6 Å². The number of carbonyl (C=O) groups is 2. The molecule has 2 atom stereocenters. The lowest BCUT2D eigenvalue weighted by atomic mass is 10.1. The van der Waals surface area contributed by atoms with Crippen LogP contribution in [0.2, 0.25) is 0 Å². The van der Waals surface area contributed by atoms with Crippen molar-refractivity contribution in [2.75, 3.05) is 11.9 Å². The van der Waals surface area contributed by atoms with Crippen LogP contribution in [0.5, 0.6) is 0 Å². The molecule has 2 amide bonds. The van der Waals surface area contributed by atoms with Crippen molar-refractivity contribution in [1.29, 1.82) is 0 Å². The molecule has 3 rings (SSSR count). The van der Waals surface area contributed by atoms with Crippen LogP contribution in [0.4, 0.5) is 14.5 Å². The van der Waals surface area contributed by atoms with Gasteiger partial charge >= 0.3 is 0 Å². The van der Waals surface area contributed by atoms with E-state index >= 15 is 0 Å². The highest BCUT2D eigenvalue weighted by Crippen LogP contribution is 2.38. The molecule has 2 unspecified atom stereocenters. The van der Waals surface area contributed by atoms with Gasteiger partial charge in [-0.1, -0.05) is 13.0 Å². The predicted octanol–water partition coefficient (Wildman–Crippen LogP) is 3.53. The van der Waals surface area contributed by atoms with Crippen LogP contribution in [-0.4, -0.2) is 18.4 Å². The maximum Gasteiger partial charge on any atom is 0.251 e. The first-order valence-corrected chi connectivity index (χ1v) is 8.56. The third-order valence-electron chi connectivity index (χ3n) is 4.46. The Balaban J connectivity index is 1.54. The van der Waals surface area contributed by atoms with E-state index in [0.29, 0.717) is 29.2 Å². The van der Waals surface area contributed by atoms with Crippen molar-refractivity contribution in [3.05, 3.63) is 65.2 Å². The first-order valence-electron chi connectivity index (χ1n) is 8.56. The van der Waals surface area contributed by atoms with Crippen LogP contribution in [0, 0.1) is 23.5 Å². The molecule has 0 saturated heterocycles. The van der Waals surface area contributed by atoms with Gasteiger partial charge in [0.25, 0.3) is 5.91 Å². The van der Waals surface area contributed by atoms with Gasteiger partial charge in [0.2, 0.25) is 5.91 Å². The highest BCUT2D eigenvalue weighted by Gasteiger charge is 2.39. The van der Waals surface area contributed by atoms with E-state index in [1.165, 1.54) is 12.1 Å². The molecule has 4 nitrogen and oxygen atoms in total. The third kappa shape index (κ3) is 4.65. The zero-order valence-corrected chi connectivity index (χ0v) is 14.4. The van der Waals surface area contributed by atoms with Crippen LogP contribution in [0.25, 0.3) is 0 Å². The van der Waals surface area contributed by atoms with E-state index < -0.39 is 11.6 Å². The molecule has 2 aromatic rings. The Morgan fingerprint density at radius 1 is 1.12 bits per heavy atom. The van der Waals surface area contributed by atoms with Gasteiger partial charge < -0.3 is 10.6 Å². The average Bonchev–Trinajstić information content (AvgIpc) is 3.31. The number of amides is 2. The Labute approximate surface area is 150 Å². The van der Waals surface area contributed by atoms with Crippen molar-refractivity contribution in [3.8, 4) is 0 Å². The van der Waals surface area contributed by atoms with Gasteiger partial charge in [-0.05, 0) is 54.7 Å². The number of hydrogen-bond acceptors (Lipinski definition) is 2. The molecule has 1 fully saturated rings. The van der Waals surface area contributed by atoms with Gasteiger partial charge in [-0.3, -0.25) is 9.59 Å². The lowest BCUT2D eigenvalue weighted by Crippen LogP contribution is -2.26. The molecule has 0 aliphatic heterocycles. The molecule has 136 valence electrons. The van der Waals surface area contributed by atoms with E-state index in [1.54, 1.807) is 24.3 Å². The number of nitrogens with one attached hydrogen (secondary N) is 2. The van der Waals surface area contributed by atoms with Crippen LogP contribution >= 0.6 is 0 Å². The molecule has 0 bridgehead atoms. The van der Waals surface area contributed by atoms with Crippen molar-refractivity contribution in [3.63, 3.8) is 0 Å². The maximum atomic E-state index is 13.2. The molecule has 2 aromatic carbocycles. The van der Waals surface area contributed by atoms with Gasteiger partial charge in [0, 0.05) is 29.8 Å². The summed E-state index contributed by atoms with van der Waals surface area (Å²) in [6, 6.07) is 9.98. The lowest BCUT2D eigenvalue weighted by molar-refractivity contribution is -0.117. The molecule has 0 radical (unpaired) electrons. The molecule has 0 spiro atoms. The quantitative estimate of drug-likeness (QED) is 0.830. The first kappa shape index (κ1) is 18.0. The van der Waals surface area contributed by atoms with Crippen molar-refractivity contribution in [1.82, 2.24) is 5.32 Å². The largest absolute Gasteiger partial charge is 0.352 e. The van der Waals surface area contributed by atoms with E-state index in [1.807, 2.05) is 6.92 Å². The summed E-state index contributed by atoms with van der Waals surface area (Å²) in [7, 11) is 0. The zero-order valence-electron chi connectivity index (χ0n) is 14.4. The SMILES string of the molecule is CC1CC1C(=O)Nc1cccc(C(=O)NCCc2cc(F)cc(F)c2)c1. The van der Waals surface area contributed by atoms with Crippen LogP contribution in [0.15, 0.2) is 42.5 Å². The Kier molecular flexibility index (Phi) is 5.30. The molecule has 0 aromatic heterocycles. The number of hydrogen-bond donors (Lipinski definition) is 2. The summed E-state index contributed by atoms with van der Waals surface area (Å²) < 4.78 is 26.3. The first-order chi connectivity index (χ1) is 12.4. The number of rotatable bonds is 6. The second-order valence-electron chi connectivity index (χ2n) is 6.67. The minimum atomic E-state index is -0.639. The topological polar surface area (TPSA) is 58.2 Å². The molecule has 1 saturated carbocycles. The molecule has 1 aliphatic rings. The number of benzene rings is 2. The Morgan fingerprint density at radius 3 is 2.46 bits per heavy atom. The summed E-state index contributed by atoms with van der Waals surface area (Å²) in [5.41, 5.74) is 1.47. The van der Waals surface area contributed by atoms with Crippen LogP contribution in [0.1, 0.15) is 29.3 Å². The van der Waals surface area contributed by atoms with Gasteiger partial charge in [-0.2, -0.15) is 0 Å². The van der Waals surface area contributed by atoms with Crippen molar-refractivity contribution < 1.29 is 18.4 Å². The second kappa shape index (κ2) is 7.64. The minimum Gasteiger partial charge on any atom is -0.352 e. The standard InChI is InChI=1S/C20H20F2N2O2/c1-12-7-18(12)20(26)24-17-4-2-3-14(10-17)19(25)23-6-5-13-8-15(21)11-16(22)9-13/h2-4,8-12,18H,5-7H2,1H3,(H,23,25)(H,24,26). The fraction of sp³-hybridized carbons (Fsp3) is 0.300. The van der Waals surface area contributed by atoms with Crippen LogP contribution in [-0.2, 0) is 11.2 Å². The van der Waals surface area contributed by atoms with Gasteiger partial charge in [0.15, 0.2) is 0 Å². The summed E-state index contributed by atoms with van der Waals surface area (Å²) in [5, 5.41) is 5.53. The summed E-state index contributed by atoms with van der Waals surface area (Å²) >= 11 is 0. The van der Waals surface area contributed by atoms with E-state index in [-0.39, 0.29) is 24.3 Å². The number of anilines is 1. The summed E-state index contributed by atoms with van der Waals surface area (Å²) in [6.45, 7) is 2.27. The molecular formula is C20H20F2N2O2. The fourth-order valence-electron chi connectivity index (χ4n) is 2.84. The van der Waals surface area contributed by atoms with E-state index in [9.17, 15) is 18.4 Å². The second-order valence-corrected chi connectivity index (χ2v) is 6.67. The molecule has 6 heteroatoms. The van der Waals surface area contributed by atoms with Crippen molar-refractivity contribution in [2.24, 2.45) is 11.8 Å². The maximum absolute atomic E-state index is 13.2. The molecule has 2 N–H and O–H groups in total. The number of carbonyl (C=O) groups excluding carboxylic acids is 2. The van der Waals surface area contributed by atoms with E-state index in [0.717, 1.165) is 12.5 Å². The van der Waals surface area contributed by atoms with Crippen LogP contribution in [0.3, 0.4) is 0 Å². The average molecular weight is 358 g/mol. The van der Waals surface area contributed by atoms with E-state index in [4.69, 9.17) is 0 Å². The van der Waals surface area contributed by atoms with Gasteiger partial charge in [0.05, 0.1) is 0 Å². The highest BCUT2D eigenvalue weighted by atomic mass is 19.1. The Bertz CT molecular complexity index is 818. The van der Waals surface area contributed by atoms with Crippen LogP contribution < -0.4 is 10.6 Å². The predicted molar refractivity (Wildman–Crippen MR) is 94.7 cm³/mol. The normalized spacial score (nSPS) is 18.3. The molecule has 1 aliphatic carbocycles. The molecular weight excluding hydrogens is 338 g/mol. The highest BCUT2D eigenvalue weighted by molar-refractivity contribution is 5.98. The Morgan fingerprint density at radius 2 is 1.81 bits per heavy atom. The monoisotopic (exact) mass is 358 g/mol. The third-order valence-corrected chi connectivity index (χ3v) is 4.46. The summed E-state index contributed by atoms with van der Waals surface area (Å²) in [4.78, 5) is 24.2. The lowest BCUT2D eigenvalue weighted by Gasteiger charge is -2.09. The Hall–Kier alpha value is -2.76. The van der Waals surface area contributed by atoms with Gasteiger partial charge in [-0.15, -0.1) is 0 Å². The molecule has 26 heavy (non-hydrogen) atoms.